The summed E-state index contributed by atoms with van der Waals surface area (Å²) in [7, 11) is 0. The van der Waals surface area contributed by atoms with Gasteiger partial charge in [-0.25, -0.2) is 4.79 Å². The van der Waals surface area contributed by atoms with Crippen LogP contribution >= 0.6 is 0 Å². The first kappa shape index (κ1) is 15.3. The number of hydrogen-bond donors (Lipinski definition) is 1. The third-order valence-corrected chi connectivity index (χ3v) is 4.16. The molecule has 0 heterocycles. The number of hydrogen-bond acceptors (Lipinski definition) is 3. The van der Waals surface area contributed by atoms with Crippen LogP contribution in [0.2, 0.25) is 0 Å². The van der Waals surface area contributed by atoms with Crippen molar-refractivity contribution in [2.75, 3.05) is 6.61 Å². The second kappa shape index (κ2) is 6.65. The Morgan fingerprint density at radius 3 is 2.26 bits per heavy atom. The van der Waals surface area contributed by atoms with E-state index in [4.69, 9.17) is 4.74 Å². The van der Waals surface area contributed by atoms with Crippen molar-refractivity contribution >= 4 is 12.4 Å². The van der Waals surface area contributed by atoms with Crippen molar-refractivity contribution in [3.05, 3.63) is 59.7 Å². The number of amides is 1. The van der Waals surface area contributed by atoms with Crippen LogP contribution in [0.4, 0.5) is 4.79 Å². The number of aldehydes is 1. The minimum absolute atomic E-state index is 0.0505. The number of benzene rings is 2. The molecule has 3 rings (SSSR count). The molecule has 0 fully saturated rings. The normalized spacial score (nSPS) is 13.8. The topological polar surface area (TPSA) is 55.4 Å². The van der Waals surface area contributed by atoms with E-state index in [9.17, 15) is 9.59 Å². The largest absolute Gasteiger partial charge is 0.449 e. The molecule has 0 saturated carbocycles. The van der Waals surface area contributed by atoms with Crippen LogP contribution in [0.5, 0.6) is 0 Å². The molecule has 2 aromatic rings. The molecule has 2 aromatic carbocycles. The average Bonchev–Trinajstić information content (AvgIpc) is 2.87. The minimum Gasteiger partial charge on any atom is -0.449 e. The van der Waals surface area contributed by atoms with E-state index in [0.717, 1.165) is 6.29 Å². The van der Waals surface area contributed by atoms with Crippen LogP contribution in [0, 0.1) is 0 Å². The number of alkyl carbamates (subject to hydrolysis) is 1. The van der Waals surface area contributed by atoms with Crippen LogP contribution in [-0.4, -0.2) is 25.0 Å². The molecule has 0 aliphatic heterocycles. The molecule has 1 aliphatic carbocycles. The fraction of sp³-hybridized carbons (Fsp3) is 0.263. The SMILES string of the molecule is CC(CC=O)NC(=O)OCC1c2ccccc2-c2ccccc21. The lowest BCUT2D eigenvalue weighted by molar-refractivity contribution is -0.108. The van der Waals surface area contributed by atoms with Gasteiger partial charge in [0.2, 0.25) is 0 Å². The van der Waals surface area contributed by atoms with Crippen molar-refractivity contribution in [2.45, 2.75) is 25.3 Å². The number of nitrogens with one attached hydrogen (secondary N) is 1. The summed E-state index contributed by atoms with van der Waals surface area (Å²) in [5, 5.41) is 2.66. The Morgan fingerprint density at radius 2 is 1.70 bits per heavy atom. The van der Waals surface area contributed by atoms with Crippen LogP contribution in [0.15, 0.2) is 48.5 Å². The van der Waals surface area contributed by atoms with Gasteiger partial charge in [0.25, 0.3) is 0 Å². The van der Waals surface area contributed by atoms with Crippen molar-refractivity contribution in [3.63, 3.8) is 0 Å². The van der Waals surface area contributed by atoms with Crippen LogP contribution in [0.1, 0.15) is 30.4 Å². The molecule has 1 unspecified atom stereocenters. The number of fused-ring (bicyclic) bond motifs is 3. The fourth-order valence-electron chi connectivity index (χ4n) is 3.04. The Labute approximate surface area is 135 Å². The number of carbonyl (C=O) groups excluding carboxylic acids is 2. The van der Waals surface area contributed by atoms with Gasteiger partial charge in [0.05, 0.1) is 0 Å². The monoisotopic (exact) mass is 309 g/mol. The molecule has 118 valence electrons. The molecule has 1 amide bonds. The van der Waals surface area contributed by atoms with Crippen molar-refractivity contribution in [1.29, 1.82) is 0 Å². The van der Waals surface area contributed by atoms with E-state index in [-0.39, 0.29) is 25.0 Å². The average molecular weight is 309 g/mol. The zero-order valence-electron chi connectivity index (χ0n) is 13.0. The van der Waals surface area contributed by atoms with Crippen molar-refractivity contribution in [1.82, 2.24) is 5.32 Å². The first-order valence-corrected chi connectivity index (χ1v) is 7.76. The van der Waals surface area contributed by atoms with Gasteiger partial charge in [0.1, 0.15) is 12.9 Å². The van der Waals surface area contributed by atoms with Gasteiger partial charge >= 0.3 is 6.09 Å². The predicted octanol–water partition coefficient (Wildman–Crippen LogP) is 3.50. The highest BCUT2D eigenvalue weighted by Gasteiger charge is 2.29. The summed E-state index contributed by atoms with van der Waals surface area (Å²) in [4.78, 5) is 22.3. The lowest BCUT2D eigenvalue weighted by Gasteiger charge is -2.16. The highest BCUT2D eigenvalue weighted by molar-refractivity contribution is 5.79. The Hall–Kier alpha value is -2.62. The number of ether oxygens (including phenoxy) is 1. The summed E-state index contributed by atoms with van der Waals surface area (Å²) < 4.78 is 5.39. The van der Waals surface area contributed by atoms with Gasteiger partial charge in [-0.05, 0) is 29.2 Å². The third-order valence-electron chi connectivity index (χ3n) is 4.16. The van der Waals surface area contributed by atoms with Gasteiger partial charge in [0, 0.05) is 18.4 Å². The molecule has 1 atom stereocenters. The molecule has 0 aromatic heterocycles. The van der Waals surface area contributed by atoms with Crippen molar-refractivity contribution in [2.24, 2.45) is 0 Å². The maximum atomic E-state index is 11.9. The van der Waals surface area contributed by atoms with Crippen molar-refractivity contribution in [3.8, 4) is 11.1 Å². The second-order valence-electron chi connectivity index (χ2n) is 5.77. The lowest BCUT2D eigenvalue weighted by Crippen LogP contribution is -2.34. The molecule has 0 spiro atoms. The molecule has 23 heavy (non-hydrogen) atoms. The van der Waals surface area contributed by atoms with Gasteiger partial charge in [0.15, 0.2) is 0 Å². The third kappa shape index (κ3) is 3.11. The minimum atomic E-state index is -0.485. The summed E-state index contributed by atoms with van der Waals surface area (Å²) in [5.74, 6) is 0.0505. The Bertz CT molecular complexity index is 681. The zero-order chi connectivity index (χ0) is 16.2. The summed E-state index contributed by atoms with van der Waals surface area (Å²) in [6.45, 7) is 2.06. The van der Waals surface area contributed by atoms with Crippen LogP contribution < -0.4 is 5.32 Å². The van der Waals surface area contributed by atoms with Gasteiger partial charge in [-0.2, -0.15) is 0 Å². The smallest absolute Gasteiger partial charge is 0.407 e. The van der Waals surface area contributed by atoms with E-state index in [1.165, 1.54) is 22.3 Å². The Morgan fingerprint density at radius 1 is 1.13 bits per heavy atom. The molecule has 0 bridgehead atoms. The molecular weight excluding hydrogens is 290 g/mol. The van der Waals surface area contributed by atoms with Crippen LogP contribution in [-0.2, 0) is 9.53 Å². The second-order valence-corrected chi connectivity index (χ2v) is 5.77. The Balaban J connectivity index is 1.73. The first-order chi connectivity index (χ1) is 11.2. The quantitative estimate of drug-likeness (QED) is 0.860. The summed E-state index contributed by atoms with van der Waals surface area (Å²) in [5.41, 5.74) is 4.77. The highest BCUT2D eigenvalue weighted by Crippen LogP contribution is 2.44. The van der Waals surface area contributed by atoms with E-state index in [1.54, 1.807) is 6.92 Å². The van der Waals surface area contributed by atoms with Crippen LogP contribution in [0.25, 0.3) is 11.1 Å². The van der Waals surface area contributed by atoms with Crippen molar-refractivity contribution < 1.29 is 14.3 Å². The standard InChI is InChI=1S/C19H19NO3/c1-13(10-11-21)20-19(22)23-12-18-16-8-4-2-6-14(16)15-7-3-5-9-17(15)18/h2-9,11,13,18H,10,12H2,1H3,(H,20,22). The summed E-state index contributed by atoms with van der Waals surface area (Å²) >= 11 is 0. The maximum absolute atomic E-state index is 11.9. The highest BCUT2D eigenvalue weighted by atomic mass is 16.5. The molecule has 0 radical (unpaired) electrons. The predicted molar refractivity (Wildman–Crippen MR) is 88.3 cm³/mol. The molecule has 1 aliphatic rings. The molecule has 1 N–H and O–H groups in total. The number of rotatable bonds is 5. The maximum Gasteiger partial charge on any atom is 0.407 e. The summed E-state index contributed by atoms with van der Waals surface area (Å²) in [6.07, 6.45) is 0.583. The molecule has 4 heteroatoms. The van der Waals surface area contributed by atoms with Gasteiger partial charge < -0.3 is 14.8 Å². The van der Waals surface area contributed by atoms with Crippen LogP contribution in [0.3, 0.4) is 0 Å². The molecule has 4 nitrogen and oxygen atoms in total. The number of carbonyl (C=O) groups is 2. The van der Waals surface area contributed by atoms with Gasteiger partial charge in [-0.3, -0.25) is 0 Å². The fourth-order valence-corrected chi connectivity index (χ4v) is 3.04. The van der Waals surface area contributed by atoms with E-state index in [0.29, 0.717) is 0 Å². The van der Waals surface area contributed by atoms with E-state index in [1.807, 2.05) is 24.3 Å². The van der Waals surface area contributed by atoms with E-state index >= 15 is 0 Å². The molecular formula is C19H19NO3. The lowest BCUT2D eigenvalue weighted by atomic mass is 9.98. The zero-order valence-corrected chi connectivity index (χ0v) is 13.0. The van der Waals surface area contributed by atoms with Gasteiger partial charge in [-0.1, -0.05) is 48.5 Å². The molecule has 0 saturated heterocycles. The summed E-state index contributed by atoms with van der Waals surface area (Å²) in [6, 6.07) is 16.2. The van der Waals surface area contributed by atoms with E-state index < -0.39 is 6.09 Å². The van der Waals surface area contributed by atoms with Gasteiger partial charge in [-0.15, -0.1) is 0 Å². The van der Waals surface area contributed by atoms with E-state index in [2.05, 4.69) is 29.6 Å². The Kier molecular flexibility index (Phi) is 4.42. The first-order valence-electron chi connectivity index (χ1n) is 7.76.